The maximum Gasteiger partial charge on any atom is 0.105 e. The van der Waals surface area contributed by atoms with Crippen molar-refractivity contribution in [2.45, 2.75) is 33.9 Å². The van der Waals surface area contributed by atoms with Crippen LogP contribution in [0.3, 0.4) is 0 Å². The quantitative estimate of drug-likeness (QED) is 0.689. The summed E-state index contributed by atoms with van der Waals surface area (Å²) in [6, 6.07) is 0. The number of quaternary nitrogens is 1. The molecule has 12 heavy (non-hydrogen) atoms. The molecular weight excluding hydrogens is 150 g/mol. The van der Waals surface area contributed by atoms with Crippen LogP contribution in [0.1, 0.15) is 25.1 Å². The summed E-state index contributed by atoms with van der Waals surface area (Å²) < 4.78 is 1.99. The Balaban J connectivity index is 2.64. The molecule has 0 radical (unpaired) electrons. The Morgan fingerprint density at radius 3 is 2.75 bits per heavy atom. The topological polar surface area (TPSA) is 34.4 Å². The molecule has 0 spiro atoms. The second-order valence-corrected chi connectivity index (χ2v) is 3.00. The van der Waals surface area contributed by atoms with Gasteiger partial charge in [-0.2, -0.15) is 5.10 Å². The lowest BCUT2D eigenvalue weighted by atomic mass is 10.2. The van der Waals surface area contributed by atoms with Crippen molar-refractivity contribution >= 4 is 0 Å². The van der Waals surface area contributed by atoms with Gasteiger partial charge in [0.1, 0.15) is 6.54 Å². The molecule has 68 valence electrons. The van der Waals surface area contributed by atoms with Crippen molar-refractivity contribution in [1.82, 2.24) is 9.78 Å². The van der Waals surface area contributed by atoms with Gasteiger partial charge in [-0.25, -0.2) is 0 Å². The molecule has 1 rings (SSSR count). The SMILES string of the molecule is CC[NH2+]Cc1cn(CC)nc1C. The molecule has 0 amide bonds. The van der Waals surface area contributed by atoms with Crippen LogP contribution in [0.4, 0.5) is 0 Å². The Labute approximate surface area is 73.8 Å². The van der Waals surface area contributed by atoms with Gasteiger partial charge in [0.05, 0.1) is 12.2 Å². The minimum absolute atomic E-state index is 0.965. The second-order valence-electron chi connectivity index (χ2n) is 3.00. The van der Waals surface area contributed by atoms with Gasteiger partial charge in [0, 0.05) is 18.3 Å². The van der Waals surface area contributed by atoms with E-state index in [1.807, 2.05) is 4.68 Å². The molecule has 1 heterocycles. The molecule has 0 saturated heterocycles. The van der Waals surface area contributed by atoms with Crippen LogP contribution in [0, 0.1) is 6.92 Å². The smallest absolute Gasteiger partial charge is 0.105 e. The predicted octanol–water partition coefficient (Wildman–Crippen LogP) is 0.295. The number of nitrogens with two attached hydrogens (primary N) is 1. The molecule has 0 atom stereocenters. The number of aryl methyl sites for hydroxylation is 2. The molecule has 1 aromatic heterocycles. The van der Waals surface area contributed by atoms with Crippen molar-refractivity contribution in [3.05, 3.63) is 17.5 Å². The zero-order chi connectivity index (χ0) is 8.97. The van der Waals surface area contributed by atoms with Crippen LogP contribution in [0.25, 0.3) is 0 Å². The summed E-state index contributed by atoms with van der Waals surface area (Å²) in [6.07, 6.45) is 2.14. The zero-order valence-corrected chi connectivity index (χ0v) is 8.17. The van der Waals surface area contributed by atoms with Crippen molar-refractivity contribution in [2.75, 3.05) is 6.54 Å². The number of hydrogen-bond donors (Lipinski definition) is 1. The first-order valence-corrected chi connectivity index (χ1v) is 4.62. The Morgan fingerprint density at radius 2 is 2.25 bits per heavy atom. The highest BCUT2D eigenvalue weighted by atomic mass is 15.3. The minimum Gasteiger partial charge on any atom is -0.343 e. The van der Waals surface area contributed by atoms with Crippen LogP contribution < -0.4 is 5.32 Å². The average Bonchev–Trinajstić information content (AvgIpc) is 2.43. The zero-order valence-electron chi connectivity index (χ0n) is 8.17. The highest BCUT2D eigenvalue weighted by molar-refractivity contribution is 5.13. The standard InChI is InChI=1S/C9H17N3/c1-4-10-6-9-7-12(5-2)11-8(9)3/h7,10H,4-6H2,1-3H3/p+1. The van der Waals surface area contributed by atoms with E-state index in [1.165, 1.54) is 11.3 Å². The first-order chi connectivity index (χ1) is 5.77. The predicted molar refractivity (Wildman–Crippen MR) is 48.8 cm³/mol. The van der Waals surface area contributed by atoms with Gasteiger partial charge in [-0.05, 0) is 20.8 Å². The van der Waals surface area contributed by atoms with Crippen molar-refractivity contribution in [3.8, 4) is 0 Å². The van der Waals surface area contributed by atoms with Crippen molar-refractivity contribution in [2.24, 2.45) is 0 Å². The monoisotopic (exact) mass is 168 g/mol. The average molecular weight is 168 g/mol. The molecule has 2 N–H and O–H groups in total. The summed E-state index contributed by atoms with van der Waals surface area (Å²) in [7, 11) is 0. The largest absolute Gasteiger partial charge is 0.343 e. The van der Waals surface area contributed by atoms with Crippen molar-refractivity contribution < 1.29 is 5.32 Å². The Morgan fingerprint density at radius 1 is 1.50 bits per heavy atom. The van der Waals surface area contributed by atoms with Gasteiger partial charge in [0.15, 0.2) is 0 Å². The molecule has 1 aromatic rings. The molecule has 3 nitrogen and oxygen atoms in total. The molecular formula is C9H18N3+. The second kappa shape index (κ2) is 4.26. The van der Waals surface area contributed by atoms with E-state index in [0.29, 0.717) is 0 Å². The Hall–Kier alpha value is -0.830. The molecule has 0 aliphatic rings. The van der Waals surface area contributed by atoms with E-state index in [1.54, 1.807) is 0 Å². The normalized spacial score (nSPS) is 10.6. The summed E-state index contributed by atoms with van der Waals surface area (Å²) in [5.41, 5.74) is 2.53. The van der Waals surface area contributed by atoms with Crippen LogP contribution in [-0.4, -0.2) is 16.3 Å². The van der Waals surface area contributed by atoms with Crippen LogP contribution >= 0.6 is 0 Å². The van der Waals surface area contributed by atoms with Gasteiger partial charge >= 0.3 is 0 Å². The van der Waals surface area contributed by atoms with Gasteiger partial charge in [-0.3, -0.25) is 4.68 Å². The number of rotatable bonds is 4. The molecule has 0 bridgehead atoms. The summed E-state index contributed by atoms with van der Waals surface area (Å²) >= 11 is 0. The third-order valence-electron chi connectivity index (χ3n) is 2.02. The third-order valence-corrected chi connectivity index (χ3v) is 2.02. The van der Waals surface area contributed by atoms with E-state index in [-0.39, 0.29) is 0 Å². The molecule has 0 unspecified atom stereocenters. The van der Waals surface area contributed by atoms with Crippen molar-refractivity contribution in [1.29, 1.82) is 0 Å². The lowest BCUT2D eigenvalue weighted by molar-refractivity contribution is -0.667. The van der Waals surface area contributed by atoms with Crippen LogP contribution in [0.5, 0.6) is 0 Å². The van der Waals surface area contributed by atoms with E-state index in [2.05, 4.69) is 37.4 Å². The first kappa shape index (κ1) is 9.26. The number of hydrogen-bond acceptors (Lipinski definition) is 1. The molecule has 0 aliphatic heterocycles. The van der Waals surface area contributed by atoms with E-state index in [0.717, 1.165) is 19.6 Å². The highest BCUT2D eigenvalue weighted by Gasteiger charge is 2.03. The van der Waals surface area contributed by atoms with Gasteiger partial charge < -0.3 is 5.32 Å². The molecule has 3 heteroatoms. The minimum atomic E-state index is 0.965. The summed E-state index contributed by atoms with van der Waals surface area (Å²) in [4.78, 5) is 0. The lowest BCUT2D eigenvalue weighted by Crippen LogP contribution is -2.81. The molecule has 0 saturated carbocycles. The van der Waals surface area contributed by atoms with E-state index in [9.17, 15) is 0 Å². The summed E-state index contributed by atoms with van der Waals surface area (Å²) in [6.45, 7) is 9.51. The lowest BCUT2D eigenvalue weighted by Gasteiger charge is -1.94. The maximum absolute atomic E-state index is 4.38. The fourth-order valence-electron chi connectivity index (χ4n) is 1.22. The Kier molecular flexibility index (Phi) is 3.29. The maximum atomic E-state index is 4.38. The van der Waals surface area contributed by atoms with Gasteiger partial charge in [-0.1, -0.05) is 0 Å². The van der Waals surface area contributed by atoms with Crippen LogP contribution in [-0.2, 0) is 13.1 Å². The van der Waals surface area contributed by atoms with E-state index < -0.39 is 0 Å². The fraction of sp³-hybridized carbons (Fsp3) is 0.667. The molecule has 0 fully saturated rings. The van der Waals surface area contributed by atoms with Gasteiger partial charge in [0.2, 0.25) is 0 Å². The fourth-order valence-corrected chi connectivity index (χ4v) is 1.22. The third kappa shape index (κ3) is 2.08. The van der Waals surface area contributed by atoms with Crippen molar-refractivity contribution in [3.63, 3.8) is 0 Å². The molecule has 0 aromatic carbocycles. The van der Waals surface area contributed by atoms with Gasteiger partial charge in [0.25, 0.3) is 0 Å². The van der Waals surface area contributed by atoms with E-state index >= 15 is 0 Å². The number of aromatic nitrogens is 2. The summed E-state index contributed by atoms with van der Waals surface area (Å²) in [5, 5.41) is 6.66. The number of nitrogens with zero attached hydrogens (tertiary/aromatic N) is 2. The van der Waals surface area contributed by atoms with Crippen LogP contribution in [0.2, 0.25) is 0 Å². The van der Waals surface area contributed by atoms with E-state index in [4.69, 9.17) is 0 Å². The summed E-state index contributed by atoms with van der Waals surface area (Å²) in [5.74, 6) is 0. The Bertz CT molecular complexity index is 240. The highest BCUT2D eigenvalue weighted by Crippen LogP contribution is 2.02. The first-order valence-electron chi connectivity index (χ1n) is 4.62. The van der Waals surface area contributed by atoms with Gasteiger partial charge in [-0.15, -0.1) is 0 Å². The van der Waals surface area contributed by atoms with Crippen LogP contribution in [0.15, 0.2) is 6.20 Å². The molecule has 0 aliphatic carbocycles.